The van der Waals surface area contributed by atoms with Crippen LogP contribution in [0.25, 0.3) is 0 Å². The van der Waals surface area contributed by atoms with Gasteiger partial charge in [-0.05, 0) is 37.1 Å². The summed E-state index contributed by atoms with van der Waals surface area (Å²) in [6.07, 6.45) is 1.28. The van der Waals surface area contributed by atoms with Crippen LogP contribution in [0.4, 0.5) is 5.69 Å². The summed E-state index contributed by atoms with van der Waals surface area (Å²) in [7, 11) is 0. The molecule has 1 saturated heterocycles. The summed E-state index contributed by atoms with van der Waals surface area (Å²) in [6, 6.07) is 5.55. The number of piperidine rings is 1. The molecule has 1 fully saturated rings. The number of likely N-dealkylation sites (tertiary alicyclic amines) is 1. The van der Waals surface area contributed by atoms with Gasteiger partial charge in [-0.25, -0.2) is 0 Å². The highest BCUT2D eigenvalue weighted by molar-refractivity contribution is 6.30. The van der Waals surface area contributed by atoms with Crippen LogP contribution in [-0.4, -0.2) is 25.5 Å². The summed E-state index contributed by atoms with van der Waals surface area (Å²) >= 11 is 5.92. The van der Waals surface area contributed by atoms with Crippen molar-refractivity contribution in [3.8, 4) is 0 Å². The number of amides is 1. The van der Waals surface area contributed by atoms with E-state index < -0.39 is 0 Å². The molecule has 1 aromatic carbocycles. The predicted molar refractivity (Wildman–Crippen MR) is 83.3 cm³/mol. The zero-order valence-corrected chi connectivity index (χ0v) is 13.3. The molecule has 0 spiro atoms. The molecule has 0 aromatic heterocycles. The fourth-order valence-corrected chi connectivity index (χ4v) is 3.48. The minimum Gasteiger partial charge on any atom is -0.327 e. The van der Waals surface area contributed by atoms with Crippen molar-refractivity contribution >= 4 is 23.2 Å². The lowest BCUT2D eigenvalue weighted by Gasteiger charge is -2.31. The number of carbonyl (C=O) groups excluding carboxylic acids is 1. The van der Waals surface area contributed by atoms with Crippen molar-refractivity contribution in [1.29, 1.82) is 0 Å². The van der Waals surface area contributed by atoms with Crippen LogP contribution in [0.5, 0.6) is 0 Å². The van der Waals surface area contributed by atoms with Crippen LogP contribution in [0.3, 0.4) is 0 Å². The Bertz CT molecular complexity index is 479. The van der Waals surface area contributed by atoms with Gasteiger partial charge in [0.05, 0.1) is 13.1 Å². The second-order valence-electron chi connectivity index (χ2n) is 6.29. The lowest BCUT2D eigenvalue weighted by Crippen LogP contribution is -3.15. The van der Waals surface area contributed by atoms with E-state index in [2.05, 4.69) is 19.2 Å². The third kappa shape index (κ3) is 4.22. The number of halogens is 1. The normalized spacial score (nSPS) is 26.3. The van der Waals surface area contributed by atoms with Gasteiger partial charge in [-0.15, -0.1) is 0 Å². The number of hydrogen-bond acceptors (Lipinski definition) is 1. The Morgan fingerprint density at radius 1 is 1.35 bits per heavy atom. The first-order chi connectivity index (χ1) is 9.44. The SMILES string of the molecule is Cc1cc(Cl)ccc1NC(=O)C[NH+]1C[C@@H](C)C[C@H](C)C1. The summed E-state index contributed by atoms with van der Waals surface area (Å²) in [6.45, 7) is 9.25. The van der Waals surface area contributed by atoms with Gasteiger partial charge < -0.3 is 10.2 Å². The zero-order valence-electron chi connectivity index (χ0n) is 12.5. The van der Waals surface area contributed by atoms with Crippen molar-refractivity contribution in [2.45, 2.75) is 27.2 Å². The maximum absolute atomic E-state index is 12.2. The van der Waals surface area contributed by atoms with E-state index in [1.807, 2.05) is 25.1 Å². The Morgan fingerprint density at radius 3 is 2.60 bits per heavy atom. The van der Waals surface area contributed by atoms with Gasteiger partial charge in [0.1, 0.15) is 0 Å². The Morgan fingerprint density at radius 2 is 2.00 bits per heavy atom. The molecule has 2 atom stereocenters. The molecule has 2 N–H and O–H groups in total. The standard InChI is InChI=1S/C16H23ClN2O/c1-11-6-12(2)9-19(8-11)10-16(20)18-15-5-4-14(17)7-13(15)3/h4-5,7,11-12H,6,8-10H2,1-3H3,(H,18,20)/p+1/t11-,12-/m0/s1. The highest BCUT2D eigenvalue weighted by Gasteiger charge is 2.26. The Hall–Kier alpha value is -1.06. The van der Waals surface area contributed by atoms with Crippen LogP contribution >= 0.6 is 11.6 Å². The highest BCUT2D eigenvalue weighted by atomic mass is 35.5. The molecule has 1 heterocycles. The average Bonchev–Trinajstić information content (AvgIpc) is 2.31. The van der Waals surface area contributed by atoms with Crippen LogP contribution in [-0.2, 0) is 4.79 Å². The molecule has 0 bridgehead atoms. The molecule has 0 radical (unpaired) electrons. The molecule has 0 unspecified atom stereocenters. The molecule has 1 aliphatic rings. The van der Waals surface area contributed by atoms with Crippen molar-refractivity contribution < 1.29 is 9.69 Å². The van der Waals surface area contributed by atoms with Crippen LogP contribution in [0.15, 0.2) is 18.2 Å². The number of hydrogen-bond donors (Lipinski definition) is 2. The second-order valence-corrected chi connectivity index (χ2v) is 6.72. The fraction of sp³-hybridized carbons (Fsp3) is 0.562. The third-order valence-electron chi connectivity index (χ3n) is 3.95. The van der Waals surface area contributed by atoms with E-state index in [4.69, 9.17) is 11.6 Å². The number of rotatable bonds is 3. The third-order valence-corrected chi connectivity index (χ3v) is 4.19. The summed E-state index contributed by atoms with van der Waals surface area (Å²) < 4.78 is 0. The van der Waals surface area contributed by atoms with E-state index in [0.717, 1.165) is 24.3 Å². The van der Waals surface area contributed by atoms with Gasteiger partial charge in [0.2, 0.25) is 0 Å². The average molecular weight is 296 g/mol. The van der Waals surface area contributed by atoms with Gasteiger partial charge in [0.25, 0.3) is 5.91 Å². The van der Waals surface area contributed by atoms with Crippen LogP contribution in [0.1, 0.15) is 25.8 Å². The maximum atomic E-state index is 12.2. The van der Waals surface area contributed by atoms with Crippen LogP contribution < -0.4 is 10.2 Å². The van der Waals surface area contributed by atoms with E-state index in [-0.39, 0.29) is 5.91 Å². The maximum Gasteiger partial charge on any atom is 0.279 e. The van der Waals surface area contributed by atoms with E-state index in [1.54, 1.807) is 0 Å². The monoisotopic (exact) mass is 295 g/mol. The molecular formula is C16H24ClN2O+. The summed E-state index contributed by atoms with van der Waals surface area (Å²) in [5, 5.41) is 3.69. The minimum absolute atomic E-state index is 0.0896. The summed E-state index contributed by atoms with van der Waals surface area (Å²) in [4.78, 5) is 13.6. The van der Waals surface area contributed by atoms with Crippen molar-refractivity contribution in [2.75, 3.05) is 25.0 Å². The fourth-order valence-electron chi connectivity index (χ4n) is 3.26. The molecule has 3 nitrogen and oxygen atoms in total. The zero-order chi connectivity index (χ0) is 14.7. The second kappa shape index (κ2) is 6.59. The van der Waals surface area contributed by atoms with Crippen molar-refractivity contribution in [3.63, 3.8) is 0 Å². The number of aryl methyl sites for hydroxylation is 1. The van der Waals surface area contributed by atoms with Gasteiger partial charge >= 0.3 is 0 Å². The number of anilines is 1. The topological polar surface area (TPSA) is 33.5 Å². The Labute approximate surface area is 126 Å². The van der Waals surface area contributed by atoms with E-state index in [1.165, 1.54) is 11.3 Å². The summed E-state index contributed by atoms with van der Waals surface area (Å²) in [5.74, 6) is 1.50. The van der Waals surface area contributed by atoms with E-state index in [9.17, 15) is 4.79 Å². The molecule has 1 amide bonds. The first-order valence-corrected chi connectivity index (χ1v) is 7.71. The highest BCUT2D eigenvalue weighted by Crippen LogP contribution is 2.19. The molecule has 0 saturated carbocycles. The molecular weight excluding hydrogens is 272 g/mol. The quantitative estimate of drug-likeness (QED) is 0.880. The largest absolute Gasteiger partial charge is 0.327 e. The van der Waals surface area contributed by atoms with Crippen LogP contribution in [0, 0.1) is 18.8 Å². The predicted octanol–water partition coefficient (Wildman–Crippen LogP) is 2.15. The van der Waals surface area contributed by atoms with Crippen molar-refractivity contribution in [2.24, 2.45) is 11.8 Å². The number of benzene rings is 1. The summed E-state index contributed by atoms with van der Waals surface area (Å²) in [5.41, 5.74) is 1.86. The smallest absolute Gasteiger partial charge is 0.279 e. The molecule has 110 valence electrons. The lowest BCUT2D eigenvalue weighted by atomic mass is 9.92. The van der Waals surface area contributed by atoms with Gasteiger partial charge in [-0.3, -0.25) is 4.79 Å². The van der Waals surface area contributed by atoms with Gasteiger partial charge in [0, 0.05) is 22.5 Å². The van der Waals surface area contributed by atoms with Gasteiger partial charge in [0.15, 0.2) is 6.54 Å². The first-order valence-electron chi connectivity index (χ1n) is 7.33. The molecule has 0 aliphatic carbocycles. The van der Waals surface area contributed by atoms with Crippen LogP contribution in [0.2, 0.25) is 5.02 Å². The molecule has 4 heteroatoms. The van der Waals surface area contributed by atoms with E-state index >= 15 is 0 Å². The van der Waals surface area contributed by atoms with Crippen molar-refractivity contribution in [3.05, 3.63) is 28.8 Å². The lowest BCUT2D eigenvalue weighted by molar-refractivity contribution is -0.904. The number of nitrogens with one attached hydrogen (secondary N) is 2. The van der Waals surface area contributed by atoms with E-state index in [0.29, 0.717) is 23.4 Å². The first kappa shape index (κ1) is 15.3. The molecule has 1 aliphatic heterocycles. The molecule has 2 rings (SSSR count). The Kier molecular flexibility index (Phi) is 5.06. The van der Waals surface area contributed by atoms with Gasteiger partial charge in [-0.1, -0.05) is 25.4 Å². The Balaban J connectivity index is 1.92. The molecule has 1 aromatic rings. The number of quaternary nitrogens is 1. The molecule has 20 heavy (non-hydrogen) atoms. The van der Waals surface area contributed by atoms with Crippen molar-refractivity contribution in [1.82, 2.24) is 0 Å². The van der Waals surface area contributed by atoms with Gasteiger partial charge in [-0.2, -0.15) is 0 Å². The number of carbonyl (C=O) groups is 1. The minimum atomic E-state index is 0.0896.